The van der Waals surface area contributed by atoms with Gasteiger partial charge in [0.1, 0.15) is 0 Å². The minimum Gasteiger partial charge on any atom is -0.493 e. The molecule has 29 heavy (non-hydrogen) atoms. The summed E-state index contributed by atoms with van der Waals surface area (Å²) >= 11 is 3.14. The van der Waals surface area contributed by atoms with E-state index in [4.69, 9.17) is 14.0 Å². The Morgan fingerprint density at radius 2 is 2.00 bits per heavy atom. The van der Waals surface area contributed by atoms with Crippen LogP contribution in [0.25, 0.3) is 10.6 Å². The lowest BCUT2D eigenvalue weighted by Gasteiger charge is -2.20. The normalized spacial score (nSPS) is 10.8. The van der Waals surface area contributed by atoms with Gasteiger partial charge in [-0.15, -0.1) is 23.1 Å². The van der Waals surface area contributed by atoms with Gasteiger partial charge in [-0.05, 0) is 41.6 Å². The van der Waals surface area contributed by atoms with Crippen molar-refractivity contribution in [1.82, 2.24) is 10.1 Å². The molecule has 6 nitrogen and oxygen atoms in total. The summed E-state index contributed by atoms with van der Waals surface area (Å²) in [5.41, 5.74) is 2.92. The molecule has 0 N–H and O–H groups in total. The van der Waals surface area contributed by atoms with Gasteiger partial charge in [0.2, 0.25) is 5.91 Å². The predicted molar refractivity (Wildman–Crippen MR) is 117 cm³/mol. The van der Waals surface area contributed by atoms with Crippen molar-refractivity contribution in [2.45, 2.75) is 19.2 Å². The molecule has 2 aromatic heterocycles. The number of carbonyl (C=O) groups excluding carboxylic acids is 1. The van der Waals surface area contributed by atoms with Crippen molar-refractivity contribution in [1.29, 1.82) is 0 Å². The number of carbonyl (C=O) groups is 1. The van der Waals surface area contributed by atoms with Crippen molar-refractivity contribution in [3.8, 4) is 22.1 Å². The fourth-order valence-electron chi connectivity index (χ4n) is 2.80. The lowest BCUT2D eigenvalue weighted by molar-refractivity contribution is -0.127. The van der Waals surface area contributed by atoms with E-state index in [1.54, 1.807) is 30.5 Å². The van der Waals surface area contributed by atoms with Crippen molar-refractivity contribution in [2.75, 3.05) is 27.0 Å². The fraction of sp³-hybridized carbons (Fsp3) is 0.333. The molecule has 0 unspecified atom stereocenters. The maximum absolute atomic E-state index is 12.5. The zero-order valence-corrected chi connectivity index (χ0v) is 18.6. The Hall–Kier alpha value is -2.45. The predicted octanol–water partition coefficient (Wildman–Crippen LogP) is 4.62. The highest BCUT2D eigenvalue weighted by molar-refractivity contribution is 7.99. The Morgan fingerprint density at radius 1 is 1.24 bits per heavy atom. The number of thiophene rings is 1. The zero-order valence-electron chi connectivity index (χ0n) is 16.9. The van der Waals surface area contributed by atoms with Crippen LogP contribution in [0.15, 0.2) is 40.2 Å². The lowest BCUT2D eigenvalue weighted by Crippen LogP contribution is -2.28. The van der Waals surface area contributed by atoms with Crippen LogP contribution in [-0.4, -0.2) is 43.0 Å². The van der Waals surface area contributed by atoms with E-state index in [1.165, 1.54) is 11.8 Å². The van der Waals surface area contributed by atoms with Crippen LogP contribution < -0.4 is 9.47 Å². The van der Waals surface area contributed by atoms with Gasteiger partial charge in [-0.25, -0.2) is 0 Å². The molecule has 0 aliphatic carbocycles. The minimum atomic E-state index is 0.0613. The number of benzene rings is 1. The van der Waals surface area contributed by atoms with E-state index in [0.717, 1.165) is 27.5 Å². The molecule has 0 spiro atoms. The number of hydrogen-bond acceptors (Lipinski definition) is 7. The summed E-state index contributed by atoms with van der Waals surface area (Å²) in [4.78, 5) is 15.3. The number of aryl methyl sites for hydroxylation is 1. The number of amides is 1. The van der Waals surface area contributed by atoms with Gasteiger partial charge in [-0.1, -0.05) is 11.2 Å². The van der Waals surface area contributed by atoms with Crippen LogP contribution in [0.2, 0.25) is 0 Å². The van der Waals surface area contributed by atoms with Crippen LogP contribution in [0.4, 0.5) is 0 Å². The quantitative estimate of drug-likeness (QED) is 0.492. The van der Waals surface area contributed by atoms with E-state index in [-0.39, 0.29) is 5.91 Å². The topological polar surface area (TPSA) is 64.8 Å². The number of ether oxygens (including phenoxy) is 2. The summed E-state index contributed by atoms with van der Waals surface area (Å²) in [6, 6.07) is 9.76. The third kappa shape index (κ3) is 5.33. The monoisotopic (exact) mass is 432 g/mol. The molecule has 0 saturated heterocycles. The number of thioether (sulfide) groups is 1. The highest BCUT2D eigenvalue weighted by Gasteiger charge is 2.15. The summed E-state index contributed by atoms with van der Waals surface area (Å²) in [6.07, 6.45) is 0. The highest BCUT2D eigenvalue weighted by Crippen LogP contribution is 2.31. The fourth-order valence-corrected chi connectivity index (χ4v) is 4.32. The zero-order chi connectivity index (χ0) is 20.8. The Morgan fingerprint density at radius 3 is 2.69 bits per heavy atom. The number of methoxy groups -OCH3 is 2. The molecule has 8 heteroatoms. The van der Waals surface area contributed by atoms with Crippen LogP contribution in [0, 0.1) is 6.92 Å². The molecular weight excluding hydrogens is 408 g/mol. The third-order valence-electron chi connectivity index (χ3n) is 4.47. The van der Waals surface area contributed by atoms with Gasteiger partial charge < -0.3 is 18.9 Å². The van der Waals surface area contributed by atoms with E-state index in [2.05, 4.69) is 5.16 Å². The summed E-state index contributed by atoms with van der Waals surface area (Å²) in [7, 11) is 5.03. The second-order valence-electron chi connectivity index (χ2n) is 6.54. The van der Waals surface area contributed by atoms with Crippen molar-refractivity contribution in [2.24, 2.45) is 0 Å². The van der Waals surface area contributed by atoms with Gasteiger partial charge >= 0.3 is 0 Å². The van der Waals surface area contributed by atoms with E-state index < -0.39 is 0 Å². The van der Waals surface area contributed by atoms with Gasteiger partial charge in [0, 0.05) is 25.4 Å². The molecule has 0 fully saturated rings. The first-order chi connectivity index (χ1) is 14.0. The smallest absolute Gasteiger partial charge is 0.232 e. The second-order valence-corrected chi connectivity index (χ2v) is 8.47. The Bertz CT molecular complexity index is 954. The molecule has 0 aliphatic heterocycles. The molecule has 2 heterocycles. The van der Waals surface area contributed by atoms with Gasteiger partial charge in [-0.3, -0.25) is 4.79 Å². The Balaban J connectivity index is 1.52. The lowest BCUT2D eigenvalue weighted by atomic mass is 10.1. The Kier molecular flexibility index (Phi) is 7.22. The van der Waals surface area contributed by atoms with Crippen LogP contribution in [0.5, 0.6) is 11.5 Å². The SMILES string of the molecule is COc1cc(C)c(CN(C)C(=O)CSCc2cc(-c3cccs3)on2)cc1OC. The molecule has 3 rings (SSSR count). The molecule has 3 aromatic rings. The molecule has 1 amide bonds. The van der Waals surface area contributed by atoms with Crippen LogP contribution >= 0.6 is 23.1 Å². The number of aromatic nitrogens is 1. The van der Waals surface area contributed by atoms with Crippen LogP contribution in [-0.2, 0) is 17.1 Å². The molecule has 154 valence electrons. The molecule has 0 saturated carbocycles. The maximum Gasteiger partial charge on any atom is 0.232 e. The number of nitrogens with zero attached hydrogens (tertiary/aromatic N) is 2. The molecule has 1 aromatic carbocycles. The largest absolute Gasteiger partial charge is 0.493 e. The second kappa shape index (κ2) is 9.84. The van der Waals surface area contributed by atoms with Crippen molar-refractivity contribution >= 4 is 29.0 Å². The van der Waals surface area contributed by atoms with Gasteiger partial charge in [0.25, 0.3) is 0 Å². The van der Waals surface area contributed by atoms with Gasteiger partial charge in [0.15, 0.2) is 17.3 Å². The van der Waals surface area contributed by atoms with Crippen molar-refractivity contribution < 1.29 is 18.8 Å². The summed E-state index contributed by atoms with van der Waals surface area (Å²) in [6.45, 7) is 2.51. The molecule has 0 aliphatic rings. The first kappa shape index (κ1) is 21.3. The summed E-state index contributed by atoms with van der Waals surface area (Å²) in [5.74, 6) is 3.19. The van der Waals surface area contributed by atoms with Gasteiger partial charge in [-0.2, -0.15) is 0 Å². The molecule has 0 atom stereocenters. The average Bonchev–Trinajstić information content (AvgIpc) is 3.40. The molecule has 0 radical (unpaired) electrons. The van der Waals surface area contributed by atoms with E-state index in [1.807, 2.05) is 49.7 Å². The maximum atomic E-state index is 12.5. The van der Waals surface area contributed by atoms with E-state index in [9.17, 15) is 4.79 Å². The summed E-state index contributed by atoms with van der Waals surface area (Å²) < 4.78 is 16.1. The van der Waals surface area contributed by atoms with Crippen molar-refractivity contribution in [3.63, 3.8) is 0 Å². The van der Waals surface area contributed by atoms with Crippen molar-refractivity contribution in [3.05, 3.63) is 52.5 Å². The molecular formula is C21H24N2O4S2. The minimum absolute atomic E-state index is 0.0613. The highest BCUT2D eigenvalue weighted by atomic mass is 32.2. The van der Waals surface area contributed by atoms with E-state index in [0.29, 0.717) is 29.5 Å². The number of rotatable bonds is 9. The van der Waals surface area contributed by atoms with Gasteiger partial charge in [0.05, 0.1) is 30.5 Å². The standard InChI is InChI=1S/C21H24N2O4S2/c1-14-8-17(25-3)18(26-4)9-15(14)11-23(2)21(24)13-28-12-16-10-19(27-22-16)20-6-5-7-29-20/h5-10H,11-13H2,1-4H3. The molecule has 0 bridgehead atoms. The Labute approximate surface area is 178 Å². The first-order valence-corrected chi connectivity index (χ1v) is 11.1. The third-order valence-corrected chi connectivity index (χ3v) is 6.31. The van der Waals surface area contributed by atoms with Crippen LogP contribution in [0.1, 0.15) is 16.8 Å². The summed E-state index contributed by atoms with van der Waals surface area (Å²) in [5, 5.41) is 6.09. The van der Waals surface area contributed by atoms with Crippen LogP contribution in [0.3, 0.4) is 0 Å². The van der Waals surface area contributed by atoms with E-state index >= 15 is 0 Å². The number of hydrogen-bond donors (Lipinski definition) is 0. The first-order valence-electron chi connectivity index (χ1n) is 9.04. The average molecular weight is 433 g/mol.